The van der Waals surface area contributed by atoms with E-state index in [1.54, 1.807) is 41.0 Å². The number of hydrazine groups is 1. The van der Waals surface area contributed by atoms with Crippen molar-refractivity contribution in [2.45, 2.75) is 6.42 Å². The molecule has 1 heterocycles. The number of hydrogen-bond acceptors (Lipinski definition) is 3. The maximum Gasteiger partial charge on any atom is 0.269 e. The van der Waals surface area contributed by atoms with Crippen LogP contribution >= 0.6 is 35.6 Å². The number of carbonyl (C=O) groups excluding carboxylic acids is 1. The minimum Gasteiger partial charge on any atom is -0.269 e. The molecule has 1 fully saturated rings. The minimum atomic E-state index is -0.161. The van der Waals surface area contributed by atoms with Crippen LogP contribution in [-0.4, -0.2) is 27.5 Å². The second-order valence-electron chi connectivity index (χ2n) is 3.57. The van der Waals surface area contributed by atoms with Gasteiger partial charge in [-0.2, -0.15) is 0 Å². The van der Waals surface area contributed by atoms with Crippen LogP contribution in [0.5, 0.6) is 0 Å². The summed E-state index contributed by atoms with van der Waals surface area (Å²) >= 11 is 12.5. The zero-order valence-electron chi connectivity index (χ0n) is 8.98. The molecule has 1 aromatic carbocycles. The molecule has 6 heteroatoms. The number of benzene rings is 1. The van der Waals surface area contributed by atoms with Crippen LogP contribution in [0.25, 0.3) is 0 Å². The van der Waals surface area contributed by atoms with Crippen LogP contribution in [-0.2, 0) is 0 Å². The lowest BCUT2D eigenvalue weighted by atomic mass is 10.2. The van der Waals surface area contributed by atoms with E-state index in [0.717, 1.165) is 23.0 Å². The van der Waals surface area contributed by atoms with Gasteiger partial charge in [-0.05, 0) is 30.7 Å². The minimum absolute atomic E-state index is 0.161. The number of carbonyl (C=O) groups is 1. The van der Waals surface area contributed by atoms with Crippen LogP contribution in [0.15, 0.2) is 24.3 Å². The Balaban J connectivity index is 2.01. The predicted molar refractivity (Wildman–Crippen MR) is 75.3 cm³/mol. The molecule has 0 unspecified atom stereocenters. The maximum atomic E-state index is 11.9. The van der Waals surface area contributed by atoms with Gasteiger partial charge in [0.05, 0.1) is 0 Å². The summed E-state index contributed by atoms with van der Waals surface area (Å²) in [4.78, 5) is 11.9. The number of rotatable bonds is 2. The Morgan fingerprint density at radius 1 is 1.41 bits per heavy atom. The summed E-state index contributed by atoms with van der Waals surface area (Å²) in [5.74, 6) is 0.859. The topological polar surface area (TPSA) is 32.3 Å². The third-order valence-electron chi connectivity index (χ3n) is 2.31. The number of amides is 1. The first-order valence-electron chi connectivity index (χ1n) is 5.17. The van der Waals surface area contributed by atoms with Gasteiger partial charge in [0.2, 0.25) is 0 Å². The average molecular weight is 287 g/mol. The molecule has 1 saturated heterocycles. The highest BCUT2D eigenvalue weighted by Gasteiger charge is 2.17. The molecule has 1 amide bonds. The number of nitrogens with zero attached hydrogens (tertiary/aromatic N) is 1. The Hall–Kier alpha value is -0.780. The van der Waals surface area contributed by atoms with Gasteiger partial charge in [-0.1, -0.05) is 35.6 Å². The van der Waals surface area contributed by atoms with Gasteiger partial charge in [0.15, 0.2) is 4.32 Å². The molecule has 0 radical (unpaired) electrons. The molecular formula is C11H11ClN2OS2. The van der Waals surface area contributed by atoms with Gasteiger partial charge in [-0.25, -0.2) is 0 Å². The second-order valence-corrected chi connectivity index (χ2v) is 5.73. The SMILES string of the molecule is O=C(NN1CCCSC1=S)c1ccc(Cl)cc1. The number of halogens is 1. The molecular weight excluding hydrogens is 276 g/mol. The van der Waals surface area contributed by atoms with Gasteiger partial charge < -0.3 is 0 Å². The van der Waals surface area contributed by atoms with Crippen molar-refractivity contribution in [2.75, 3.05) is 12.3 Å². The second kappa shape index (κ2) is 5.71. The molecule has 0 spiro atoms. The van der Waals surface area contributed by atoms with Crippen molar-refractivity contribution in [1.29, 1.82) is 0 Å². The monoisotopic (exact) mass is 286 g/mol. The van der Waals surface area contributed by atoms with Crippen LogP contribution in [0.3, 0.4) is 0 Å². The van der Waals surface area contributed by atoms with Crippen molar-refractivity contribution in [3.63, 3.8) is 0 Å². The fourth-order valence-electron chi connectivity index (χ4n) is 1.44. The third-order valence-corrected chi connectivity index (χ3v) is 4.10. The zero-order valence-corrected chi connectivity index (χ0v) is 11.4. The van der Waals surface area contributed by atoms with Crippen LogP contribution in [0.4, 0.5) is 0 Å². The summed E-state index contributed by atoms with van der Waals surface area (Å²) in [7, 11) is 0. The first-order chi connectivity index (χ1) is 8.16. The molecule has 17 heavy (non-hydrogen) atoms. The highest BCUT2D eigenvalue weighted by Crippen LogP contribution is 2.16. The Bertz CT molecular complexity index is 436. The summed E-state index contributed by atoms with van der Waals surface area (Å²) in [6.45, 7) is 0.769. The largest absolute Gasteiger partial charge is 0.269 e. The number of thiocarbonyl (C=S) groups is 1. The summed E-state index contributed by atoms with van der Waals surface area (Å²) in [5, 5.41) is 2.34. The molecule has 1 aliphatic rings. The number of nitrogens with one attached hydrogen (secondary N) is 1. The predicted octanol–water partition coefficient (Wildman–Crippen LogP) is 2.71. The molecule has 0 bridgehead atoms. The fourth-order valence-corrected chi connectivity index (χ4v) is 2.70. The fraction of sp³-hybridized carbons (Fsp3) is 0.273. The van der Waals surface area contributed by atoms with Crippen molar-refractivity contribution in [3.8, 4) is 0 Å². The van der Waals surface area contributed by atoms with Crippen molar-refractivity contribution < 1.29 is 4.79 Å². The molecule has 0 aromatic heterocycles. The van der Waals surface area contributed by atoms with Gasteiger partial charge in [0.1, 0.15) is 0 Å². The molecule has 0 aliphatic carbocycles. The Labute approximate surface area is 114 Å². The number of hydrogen-bond donors (Lipinski definition) is 1. The van der Waals surface area contributed by atoms with E-state index in [2.05, 4.69) is 5.43 Å². The molecule has 2 rings (SSSR count). The highest BCUT2D eigenvalue weighted by molar-refractivity contribution is 8.22. The van der Waals surface area contributed by atoms with E-state index in [0.29, 0.717) is 10.6 Å². The lowest BCUT2D eigenvalue weighted by molar-refractivity contribution is 0.0873. The quantitative estimate of drug-likeness (QED) is 0.848. The normalized spacial score (nSPS) is 15.8. The summed E-state index contributed by atoms with van der Waals surface area (Å²) < 4.78 is 0.721. The van der Waals surface area contributed by atoms with Crippen molar-refractivity contribution in [2.24, 2.45) is 0 Å². The van der Waals surface area contributed by atoms with E-state index in [4.69, 9.17) is 23.8 Å². The lowest BCUT2D eigenvalue weighted by Gasteiger charge is -2.28. The first kappa shape index (κ1) is 12.7. The number of thioether (sulfide) groups is 1. The molecule has 1 N–H and O–H groups in total. The van der Waals surface area contributed by atoms with E-state index >= 15 is 0 Å². The van der Waals surface area contributed by atoms with Crippen LogP contribution in [0, 0.1) is 0 Å². The highest BCUT2D eigenvalue weighted by atomic mass is 35.5. The first-order valence-corrected chi connectivity index (χ1v) is 6.95. The molecule has 0 atom stereocenters. The standard InChI is InChI=1S/C11H11ClN2OS2/c12-9-4-2-8(3-5-9)10(15)13-14-6-1-7-17-11(14)16/h2-5H,1,6-7H2,(H,13,15). The molecule has 0 saturated carbocycles. The van der Waals surface area contributed by atoms with Gasteiger partial charge in [0.25, 0.3) is 5.91 Å². The molecule has 90 valence electrons. The van der Waals surface area contributed by atoms with Gasteiger partial charge >= 0.3 is 0 Å². The smallest absolute Gasteiger partial charge is 0.269 e. The van der Waals surface area contributed by atoms with Gasteiger partial charge in [0, 0.05) is 22.9 Å². The van der Waals surface area contributed by atoms with E-state index in [1.165, 1.54) is 0 Å². The lowest BCUT2D eigenvalue weighted by Crippen LogP contribution is -2.46. The van der Waals surface area contributed by atoms with E-state index in [9.17, 15) is 4.79 Å². The Kier molecular flexibility index (Phi) is 4.25. The third kappa shape index (κ3) is 3.34. The van der Waals surface area contributed by atoms with Crippen LogP contribution < -0.4 is 5.43 Å². The van der Waals surface area contributed by atoms with E-state index in [1.807, 2.05) is 0 Å². The summed E-state index contributed by atoms with van der Waals surface area (Å²) in [6.07, 6.45) is 1.02. The van der Waals surface area contributed by atoms with Crippen molar-refractivity contribution >= 4 is 45.8 Å². The van der Waals surface area contributed by atoms with E-state index in [-0.39, 0.29) is 5.91 Å². The van der Waals surface area contributed by atoms with Crippen LogP contribution in [0.1, 0.15) is 16.8 Å². The van der Waals surface area contributed by atoms with Gasteiger partial charge in [-0.15, -0.1) is 0 Å². The summed E-state index contributed by atoms with van der Waals surface area (Å²) in [6, 6.07) is 6.77. The van der Waals surface area contributed by atoms with Gasteiger partial charge in [-0.3, -0.25) is 15.2 Å². The maximum absolute atomic E-state index is 11.9. The summed E-state index contributed by atoms with van der Waals surface area (Å²) in [5.41, 5.74) is 3.37. The van der Waals surface area contributed by atoms with Crippen LogP contribution in [0.2, 0.25) is 5.02 Å². The molecule has 1 aliphatic heterocycles. The molecule has 1 aromatic rings. The van der Waals surface area contributed by atoms with E-state index < -0.39 is 0 Å². The molecule has 3 nitrogen and oxygen atoms in total. The Morgan fingerprint density at radius 2 is 2.12 bits per heavy atom. The zero-order chi connectivity index (χ0) is 12.3. The van der Waals surface area contributed by atoms with Crippen molar-refractivity contribution in [1.82, 2.24) is 10.4 Å². The average Bonchev–Trinajstić information content (AvgIpc) is 2.33. The Morgan fingerprint density at radius 3 is 2.76 bits per heavy atom. The van der Waals surface area contributed by atoms with Crippen molar-refractivity contribution in [3.05, 3.63) is 34.9 Å².